The van der Waals surface area contributed by atoms with Gasteiger partial charge in [-0.05, 0) is 25.1 Å². The fraction of sp³-hybridized carbons (Fsp3) is 0.0769. The van der Waals surface area contributed by atoms with Crippen LogP contribution in [0.1, 0.15) is 26.5 Å². The van der Waals surface area contributed by atoms with Crippen molar-refractivity contribution in [1.29, 1.82) is 0 Å². The Labute approximate surface area is 124 Å². The van der Waals surface area contributed by atoms with Gasteiger partial charge in [0.15, 0.2) is 0 Å². The van der Waals surface area contributed by atoms with Crippen LogP contribution in [0.2, 0.25) is 10.0 Å². The van der Waals surface area contributed by atoms with Crippen molar-refractivity contribution in [3.8, 4) is 0 Å². The molecule has 0 aliphatic carbocycles. The summed E-state index contributed by atoms with van der Waals surface area (Å²) in [5.74, 6) is -1.39. The van der Waals surface area contributed by atoms with Gasteiger partial charge in [-0.25, -0.2) is 4.79 Å². The zero-order valence-electron chi connectivity index (χ0n) is 10.2. The summed E-state index contributed by atoms with van der Waals surface area (Å²) in [6.45, 7) is 1.62. The molecule has 2 aromatic rings. The first-order valence-corrected chi connectivity index (χ1v) is 6.24. The third kappa shape index (κ3) is 2.64. The molecule has 0 unspecified atom stereocenters. The fourth-order valence-corrected chi connectivity index (χ4v) is 2.13. The van der Waals surface area contributed by atoms with Gasteiger partial charge in [-0.2, -0.15) is 0 Å². The molecule has 7 heteroatoms. The lowest BCUT2D eigenvalue weighted by Crippen LogP contribution is -2.15. The number of halogens is 2. The van der Waals surface area contributed by atoms with Crippen LogP contribution in [0.5, 0.6) is 0 Å². The average Bonchev–Trinajstić information content (AvgIpc) is 2.79. The van der Waals surface area contributed by atoms with E-state index in [0.717, 1.165) is 0 Å². The van der Waals surface area contributed by atoms with Crippen LogP contribution in [0.3, 0.4) is 0 Å². The summed E-state index contributed by atoms with van der Waals surface area (Å²) in [6, 6.07) is 4.24. The molecule has 0 aliphatic heterocycles. The van der Waals surface area contributed by atoms with Crippen LogP contribution in [0, 0.1) is 6.92 Å². The first kappa shape index (κ1) is 14.4. The van der Waals surface area contributed by atoms with Crippen molar-refractivity contribution >= 4 is 40.8 Å². The molecule has 0 atom stereocenters. The topological polar surface area (TPSA) is 79.5 Å². The van der Waals surface area contributed by atoms with Crippen molar-refractivity contribution in [1.82, 2.24) is 0 Å². The lowest BCUT2D eigenvalue weighted by atomic mass is 10.1. The molecule has 0 bridgehead atoms. The van der Waals surface area contributed by atoms with Crippen LogP contribution in [0.15, 0.2) is 28.9 Å². The van der Waals surface area contributed by atoms with Crippen molar-refractivity contribution < 1.29 is 19.1 Å². The number of anilines is 1. The lowest BCUT2D eigenvalue weighted by molar-refractivity contribution is 0.0698. The quantitative estimate of drug-likeness (QED) is 0.902. The number of carbonyl (C=O) groups excluding carboxylic acids is 1. The second-order valence-electron chi connectivity index (χ2n) is 3.93. The number of carboxylic acid groups (broad SMARTS) is 1. The van der Waals surface area contributed by atoms with Crippen LogP contribution >= 0.6 is 23.2 Å². The van der Waals surface area contributed by atoms with Crippen molar-refractivity contribution in [2.75, 3.05) is 5.32 Å². The number of hydrogen-bond donors (Lipinski definition) is 2. The van der Waals surface area contributed by atoms with E-state index < -0.39 is 11.9 Å². The Balaban J connectivity index is 2.44. The first-order chi connectivity index (χ1) is 9.41. The van der Waals surface area contributed by atoms with Gasteiger partial charge >= 0.3 is 5.97 Å². The highest BCUT2D eigenvalue weighted by Crippen LogP contribution is 2.32. The van der Waals surface area contributed by atoms with Gasteiger partial charge in [-0.3, -0.25) is 4.79 Å². The minimum Gasteiger partial charge on any atom is -0.478 e. The number of carbonyl (C=O) groups is 2. The molecular formula is C13H9Cl2NO4. The second-order valence-corrected chi connectivity index (χ2v) is 4.74. The van der Waals surface area contributed by atoms with E-state index in [1.165, 1.54) is 24.5 Å². The van der Waals surface area contributed by atoms with Gasteiger partial charge in [0.1, 0.15) is 11.3 Å². The molecule has 1 aromatic heterocycles. The fourth-order valence-electron chi connectivity index (χ4n) is 1.68. The molecule has 1 heterocycles. The lowest BCUT2D eigenvalue weighted by Gasteiger charge is -2.11. The molecule has 1 amide bonds. The maximum atomic E-state index is 12.1. The molecule has 5 nitrogen and oxygen atoms in total. The Hall–Kier alpha value is -1.98. The summed E-state index contributed by atoms with van der Waals surface area (Å²) in [7, 11) is 0. The van der Waals surface area contributed by atoms with Gasteiger partial charge in [0.2, 0.25) is 0 Å². The van der Waals surface area contributed by atoms with E-state index in [-0.39, 0.29) is 26.9 Å². The summed E-state index contributed by atoms with van der Waals surface area (Å²) < 4.78 is 5.02. The van der Waals surface area contributed by atoms with Gasteiger partial charge in [-0.15, -0.1) is 0 Å². The second kappa shape index (κ2) is 5.56. The van der Waals surface area contributed by atoms with Crippen molar-refractivity contribution in [3.05, 3.63) is 51.4 Å². The summed E-state index contributed by atoms with van der Waals surface area (Å²) in [5, 5.41) is 11.7. The van der Waals surface area contributed by atoms with Crippen LogP contribution < -0.4 is 5.32 Å². The van der Waals surface area contributed by atoms with E-state index in [1.807, 2.05) is 0 Å². The van der Waals surface area contributed by atoms with Crippen LogP contribution in [0.4, 0.5) is 5.69 Å². The molecule has 0 spiro atoms. The third-order valence-corrected chi connectivity index (χ3v) is 3.29. The standard InChI is InChI=1S/C13H9Cl2NO4/c1-6-7(4-5-20-6)12(17)16-11-9(15)3-2-8(14)10(11)13(18)19/h2-5H,1H3,(H,16,17)(H,18,19). The number of aromatic carboxylic acids is 1. The minimum absolute atomic E-state index is 0.0129. The molecular weight excluding hydrogens is 305 g/mol. The number of furan rings is 1. The maximum Gasteiger partial charge on any atom is 0.339 e. The monoisotopic (exact) mass is 313 g/mol. The Morgan fingerprint density at radius 2 is 1.85 bits per heavy atom. The Bertz CT molecular complexity index is 694. The number of benzene rings is 1. The average molecular weight is 314 g/mol. The SMILES string of the molecule is Cc1occc1C(=O)Nc1c(Cl)ccc(Cl)c1C(=O)O. The summed E-state index contributed by atoms with van der Waals surface area (Å²) in [4.78, 5) is 23.3. The van der Waals surface area contributed by atoms with Crippen LogP contribution in [0.25, 0.3) is 0 Å². The number of aryl methyl sites for hydroxylation is 1. The largest absolute Gasteiger partial charge is 0.478 e. The van der Waals surface area contributed by atoms with Gasteiger partial charge in [0.05, 0.1) is 27.6 Å². The number of rotatable bonds is 3. The Morgan fingerprint density at radius 3 is 2.40 bits per heavy atom. The normalized spacial score (nSPS) is 10.3. The van der Waals surface area contributed by atoms with Crippen molar-refractivity contribution in [2.24, 2.45) is 0 Å². The summed E-state index contributed by atoms with van der Waals surface area (Å²) in [6.07, 6.45) is 1.36. The van der Waals surface area contributed by atoms with Gasteiger partial charge in [0, 0.05) is 0 Å². The maximum absolute atomic E-state index is 12.1. The highest BCUT2D eigenvalue weighted by molar-refractivity contribution is 6.38. The number of hydrogen-bond acceptors (Lipinski definition) is 3. The molecule has 0 saturated carbocycles. The number of nitrogens with one attached hydrogen (secondary N) is 1. The van der Waals surface area contributed by atoms with Crippen LogP contribution in [-0.4, -0.2) is 17.0 Å². The Morgan fingerprint density at radius 1 is 1.20 bits per heavy atom. The van der Waals surface area contributed by atoms with E-state index >= 15 is 0 Å². The van der Waals surface area contributed by atoms with Gasteiger partial charge in [0.25, 0.3) is 5.91 Å². The van der Waals surface area contributed by atoms with Crippen molar-refractivity contribution in [3.63, 3.8) is 0 Å². The zero-order valence-corrected chi connectivity index (χ0v) is 11.7. The van der Waals surface area contributed by atoms with E-state index in [4.69, 9.17) is 32.7 Å². The van der Waals surface area contributed by atoms with Gasteiger partial charge < -0.3 is 14.8 Å². The molecule has 20 heavy (non-hydrogen) atoms. The van der Waals surface area contributed by atoms with E-state index in [1.54, 1.807) is 6.92 Å². The molecule has 0 saturated heterocycles. The molecule has 104 valence electrons. The molecule has 0 fully saturated rings. The molecule has 0 aliphatic rings. The summed E-state index contributed by atoms with van der Waals surface area (Å²) >= 11 is 11.8. The summed E-state index contributed by atoms with van der Waals surface area (Å²) in [5.41, 5.74) is -0.0108. The van der Waals surface area contributed by atoms with Crippen molar-refractivity contribution in [2.45, 2.75) is 6.92 Å². The highest BCUT2D eigenvalue weighted by Gasteiger charge is 2.21. The Kier molecular flexibility index (Phi) is 4.01. The smallest absolute Gasteiger partial charge is 0.339 e. The minimum atomic E-state index is -1.28. The highest BCUT2D eigenvalue weighted by atomic mass is 35.5. The third-order valence-electron chi connectivity index (χ3n) is 2.66. The predicted octanol–water partition coefficient (Wildman–Crippen LogP) is 3.85. The predicted molar refractivity (Wildman–Crippen MR) is 74.8 cm³/mol. The molecule has 2 N–H and O–H groups in total. The number of amides is 1. The van der Waals surface area contributed by atoms with E-state index in [0.29, 0.717) is 5.76 Å². The molecule has 2 rings (SSSR count). The molecule has 0 radical (unpaired) electrons. The molecule has 1 aromatic carbocycles. The van der Waals surface area contributed by atoms with E-state index in [2.05, 4.69) is 5.32 Å². The first-order valence-electron chi connectivity index (χ1n) is 5.48. The van der Waals surface area contributed by atoms with E-state index in [9.17, 15) is 9.59 Å². The zero-order chi connectivity index (χ0) is 14.9. The number of carboxylic acids is 1. The van der Waals surface area contributed by atoms with Crippen LogP contribution in [-0.2, 0) is 0 Å². The van der Waals surface area contributed by atoms with Gasteiger partial charge in [-0.1, -0.05) is 23.2 Å².